The van der Waals surface area contributed by atoms with Gasteiger partial charge in [0.25, 0.3) is 10.0 Å². The van der Waals surface area contributed by atoms with E-state index in [1.165, 1.54) is 10.4 Å². The van der Waals surface area contributed by atoms with Crippen LogP contribution in [0.3, 0.4) is 0 Å². The molecular formula is C17H23NO3S. The normalized spacial score (nSPS) is 11.9. The van der Waals surface area contributed by atoms with Gasteiger partial charge in [-0.15, -0.1) is 0 Å². The van der Waals surface area contributed by atoms with Gasteiger partial charge in [0.05, 0.1) is 5.69 Å². The maximum atomic E-state index is 12.9. The summed E-state index contributed by atoms with van der Waals surface area (Å²) in [4.78, 5) is 0. The van der Waals surface area contributed by atoms with Crippen molar-refractivity contribution in [2.75, 3.05) is 10.8 Å². The number of hydrogen-bond acceptors (Lipinski definition) is 3. The minimum Gasteiger partial charge on any atom is -0.448 e. The van der Waals surface area contributed by atoms with E-state index < -0.39 is 10.0 Å². The molecular weight excluding hydrogens is 298 g/mol. The van der Waals surface area contributed by atoms with Gasteiger partial charge in [-0.05, 0) is 62.1 Å². The summed E-state index contributed by atoms with van der Waals surface area (Å²) in [6.07, 6.45) is 0. The first-order valence-electron chi connectivity index (χ1n) is 7.38. The van der Waals surface area contributed by atoms with Crippen LogP contribution in [0.2, 0.25) is 0 Å². The van der Waals surface area contributed by atoms with Crippen LogP contribution in [0.25, 0.3) is 0 Å². The van der Waals surface area contributed by atoms with E-state index in [4.69, 9.17) is 4.42 Å². The highest BCUT2D eigenvalue weighted by Gasteiger charge is 2.28. The maximum absolute atomic E-state index is 12.9. The molecule has 0 saturated carbocycles. The zero-order chi connectivity index (χ0) is 16.5. The summed E-state index contributed by atoms with van der Waals surface area (Å²) in [5, 5.41) is -0.0103. The van der Waals surface area contributed by atoms with Gasteiger partial charge in [-0.2, -0.15) is 8.42 Å². The van der Waals surface area contributed by atoms with Crippen molar-refractivity contribution < 1.29 is 12.8 Å². The third kappa shape index (κ3) is 3.35. The minimum absolute atomic E-state index is 0.0103. The first kappa shape index (κ1) is 16.6. The standard InChI is InChI=1S/C17H23NO3S/c1-12(2)11-18(16-8-6-13(3)14(4)10-16)22(19,20)17-9-7-15(5)21-17/h6-10,12H,11H2,1-5H3. The largest absolute Gasteiger partial charge is 0.448 e. The Balaban J connectivity index is 2.52. The van der Waals surface area contributed by atoms with Gasteiger partial charge < -0.3 is 4.42 Å². The van der Waals surface area contributed by atoms with Crippen LogP contribution in [0.5, 0.6) is 0 Å². The van der Waals surface area contributed by atoms with E-state index >= 15 is 0 Å². The lowest BCUT2D eigenvalue weighted by molar-refractivity contribution is 0.426. The van der Waals surface area contributed by atoms with Crippen LogP contribution in [0.4, 0.5) is 5.69 Å². The van der Waals surface area contributed by atoms with Gasteiger partial charge in [0.15, 0.2) is 0 Å². The molecule has 0 radical (unpaired) electrons. The Bertz CT molecular complexity index is 760. The van der Waals surface area contributed by atoms with Crippen LogP contribution >= 0.6 is 0 Å². The van der Waals surface area contributed by atoms with E-state index in [-0.39, 0.29) is 11.0 Å². The van der Waals surface area contributed by atoms with Gasteiger partial charge >= 0.3 is 0 Å². The molecule has 0 aliphatic heterocycles. The molecule has 1 aromatic heterocycles. The monoisotopic (exact) mass is 321 g/mol. The van der Waals surface area contributed by atoms with Crippen LogP contribution in [0, 0.1) is 26.7 Å². The first-order valence-corrected chi connectivity index (χ1v) is 8.82. The number of anilines is 1. The smallest absolute Gasteiger partial charge is 0.297 e. The molecule has 2 rings (SSSR count). The third-order valence-electron chi connectivity index (χ3n) is 3.57. The van der Waals surface area contributed by atoms with E-state index in [1.54, 1.807) is 13.0 Å². The van der Waals surface area contributed by atoms with Crippen LogP contribution in [-0.4, -0.2) is 15.0 Å². The highest BCUT2D eigenvalue weighted by atomic mass is 32.2. The van der Waals surface area contributed by atoms with Gasteiger partial charge in [0, 0.05) is 6.54 Å². The topological polar surface area (TPSA) is 50.5 Å². The van der Waals surface area contributed by atoms with Crippen LogP contribution < -0.4 is 4.31 Å². The molecule has 0 unspecified atom stereocenters. The molecule has 0 amide bonds. The molecule has 0 fully saturated rings. The number of hydrogen-bond donors (Lipinski definition) is 0. The van der Waals surface area contributed by atoms with Crippen molar-refractivity contribution in [3.05, 3.63) is 47.2 Å². The second kappa shape index (κ2) is 6.16. The Labute approximate surface area is 132 Å². The van der Waals surface area contributed by atoms with Crippen molar-refractivity contribution in [1.29, 1.82) is 0 Å². The molecule has 1 heterocycles. The van der Waals surface area contributed by atoms with Gasteiger partial charge in [0.2, 0.25) is 5.09 Å². The molecule has 5 heteroatoms. The summed E-state index contributed by atoms with van der Waals surface area (Å²) in [7, 11) is -3.69. The second-order valence-electron chi connectivity index (χ2n) is 6.06. The van der Waals surface area contributed by atoms with Crippen molar-refractivity contribution in [2.45, 2.75) is 39.7 Å². The molecule has 0 atom stereocenters. The Morgan fingerprint density at radius 2 is 1.73 bits per heavy atom. The summed E-state index contributed by atoms with van der Waals surface area (Å²) >= 11 is 0. The van der Waals surface area contributed by atoms with Gasteiger partial charge in [-0.1, -0.05) is 19.9 Å². The predicted octanol–water partition coefficient (Wildman–Crippen LogP) is 4.06. The van der Waals surface area contributed by atoms with Crippen LogP contribution in [-0.2, 0) is 10.0 Å². The molecule has 120 valence electrons. The highest BCUT2D eigenvalue weighted by molar-refractivity contribution is 7.92. The average molecular weight is 321 g/mol. The van der Waals surface area contributed by atoms with Crippen molar-refractivity contribution in [1.82, 2.24) is 0 Å². The van der Waals surface area contributed by atoms with Crippen LogP contribution in [0.1, 0.15) is 30.7 Å². The molecule has 1 aromatic carbocycles. The zero-order valence-electron chi connectivity index (χ0n) is 13.8. The number of aryl methyl sites for hydroxylation is 3. The highest BCUT2D eigenvalue weighted by Crippen LogP contribution is 2.27. The van der Waals surface area contributed by atoms with Crippen molar-refractivity contribution in [3.8, 4) is 0 Å². The zero-order valence-corrected chi connectivity index (χ0v) is 14.6. The lowest BCUT2D eigenvalue weighted by Crippen LogP contribution is -2.34. The average Bonchev–Trinajstić information content (AvgIpc) is 2.86. The van der Waals surface area contributed by atoms with E-state index in [2.05, 4.69) is 0 Å². The van der Waals surface area contributed by atoms with Gasteiger partial charge in [0.1, 0.15) is 5.76 Å². The van der Waals surface area contributed by atoms with Crippen molar-refractivity contribution in [2.24, 2.45) is 5.92 Å². The quantitative estimate of drug-likeness (QED) is 0.834. The second-order valence-corrected chi connectivity index (χ2v) is 7.86. The van der Waals surface area contributed by atoms with Gasteiger partial charge in [-0.25, -0.2) is 0 Å². The summed E-state index contributed by atoms with van der Waals surface area (Å²) in [5.41, 5.74) is 2.88. The fourth-order valence-corrected chi connectivity index (χ4v) is 3.79. The Morgan fingerprint density at radius 3 is 2.23 bits per heavy atom. The van der Waals surface area contributed by atoms with E-state index in [1.807, 2.05) is 45.9 Å². The number of nitrogens with zero attached hydrogens (tertiary/aromatic N) is 1. The van der Waals surface area contributed by atoms with Gasteiger partial charge in [-0.3, -0.25) is 4.31 Å². The van der Waals surface area contributed by atoms with E-state index in [0.717, 1.165) is 11.1 Å². The molecule has 4 nitrogen and oxygen atoms in total. The van der Waals surface area contributed by atoms with Crippen LogP contribution in [0.15, 0.2) is 39.8 Å². The molecule has 0 bridgehead atoms. The lowest BCUT2D eigenvalue weighted by Gasteiger charge is -2.25. The molecule has 22 heavy (non-hydrogen) atoms. The minimum atomic E-state index is -3.69. The molecule has 0 spiro atoms. The number of rotatable bonds is 5. The summed E-state index contributed by atoms with van der Waals surface area (Å²) < 4.78 is 32.6. The Hall–Kier alpha value is -1.75. The molecule has 0 N–H and O–H groups in total. The maximum Gasteiger partial charge on any atom is 0.297 e. The van der Waals surface area contributed by atoms with Crippen molar-refractivity contribution >= 4 is 15.7 Å². The number of sulfonamides is 1. The SMILES string of the molecule is Cc1ccc(S(=O)(=O)N(CC(C)C)c2ccc(C)c(C)c2)o1. The van der Waals surface area contributed by atoms with E-state index in [9.17, 15) is 8.42 Å². The molecule has 0 aliphatic rings. The van der Waals surface area contributed by atoms with Crippen molar-refractivity contribution in [3.63, 3.8) is 0 Å². The summed E-state index contributed by atoms with van der Waals surface area (Å²) in [5.74, 6) is 0.788. The van der Waals surface area contributed by atoms with E-state index in [0.29, 0.717) is 18.0 Å². The number of furan rings is 1. The first-order chi connectivity index (χ1) is 10.2. The number of benzene rings is 1. The molecule has 0 saturated heterocycles. The fourth-order valence-electron chi connectivity index (χ4n) is 2.21. The molecule has 0 aliphatic carbocycles. The Morgan fingerprint density at radius 1 is 1.05 bits per heavy atom. The summed E-state index contributed by atoms with van der Waals surface area (Å²) in [6.45, 7) is 10.1. The Kier molecular flexibility index (Phi) is 4.66. The molecule has 2 aromatic rings. The predicted molar refractivity (Wildman–Crippen MR) is 88.7 cm³/mol. The fraction of sp³-hybridized carbons (Fsp3) is 0.412. The third-order valence-corrected chi connectivity index (χ3v) is 5.24. The summed E-state index contributed by atoms with van der Waals surface area (Å²) in [6, 6.07) is 8.88. The lowest BCUT2D eigenvalue weighted by atomic mass is 10.1.